The van der Waals surface area contributed by atoms with Crippen molar-refractivity contribution in [1.82, 2.24) is 10.2 Å². The van der Waals surface area contributed by atoms with E-state index in [0.717, 1.165) is 12.0 Å². The van der Waals surface area contributed by atoms with Crippen LogP contribution in [0, 0.1) is 11.8 Å². The van der Waals surface area contributed by atoms with Gasteiger partial charge in [-0.2, -0.15) is 0 Å². The van der Waals surface area contributed by atoms with Crippen molar-refractivity contribution in [2.45, 2.75) is 65.1 Å². The van der Waals surface area contributed by atoms with Gasteiger partial charge >= 0.3 is 6.09 Å². The van der Waals surface area contributed by atoms with Crippen LogP contribution in [0.4, 0.5) is 4.79 Å². The normalized spacial score (nSPS) is 13.9. The lowest BCUT2D eigenvalue weighted by molar-refractivity contribution is -0.121. The summed E-state index contributed by atoms with van der Waals surface area (Å²) in [5.41, 5.74) is 1.03. The minimum absolute atomic E-state index is 0.0545. The Labute approximate surface area is 203 Å². The highest BCUT2D eigenvalue weighted by molar-refractivity contribution is 5.65. The molecule has 2 amide bonds. The lowest BCUT2D eigenvalue weighted by Gasteiger charge is -2.32. The number of benzene rings is 1. The summed E-state index contributed by atoms with van der Waals surface area (Å²) in [6, 6.07) is 4.97. The van der Waals surface area contributed by atoms with Crippen LogP contribution >= 0.6 is 0 Å². The minimum Gasteiger partial charge on any atom is -0.493 e. The van der Waals surface area contributed by atoms with E-state index in [-0.39, 0.29) is 24.4 Å². The quantitative estimate of drug-likeness (QED) is 0.231. The molecule has 1 rings (SSSR count). The fraction of sp³-hybridized carbons (Fsp3) is 0.680. The number of ether oxygens (including phenoxy) is 3. The lowest BCUT2D eigenvalue weighted by Crippen LogP contribution is -2.50. The van der Waals surface area contributed by atoms with Gasteiger partial charge < -0.3 is 34.6 Å². The van der Waals surface area contributed by atoms with E-state index in [0.29, 0.717) is 44.0 Å². The number of methoxy groups -OCH3 is 2. The van der Waals surface area contributed by atoms with Crippen molar-refractivity contribution in [2.75, 3.05) is 34.0 Å². The average Bonchev–Trinajstić information content (AvgIpc) is 2.78. The summed E-state index contributed by atoms with van der Waals surface area (Å²) in [6.07, 6.45) is 0.295. The van der Waals surface area contributed by atoms with E-state index in [9.17, 15) is 19.8 Å². The first-order valence-corrected chi connectivity index (χ1v) is 11.8. The number of rotatable bonds is 17. The monoisotopic (exact) mass is 482 g/mol. The zero-order chi connectivity index (χ0) is 25.7. The molecule has 34 heavy (non-hydrogen) atoms. The number of carbonyl (C=O) groups excluding carboxylic acids is 1. The SMILES string of the molecule is COCCCOc1cc(CC(CC(NC(=O)O)[C@@H](O)CN(C=O)C(C)C)C(C)C)ccc1OC. The molecule has 0 aliphatic carbocycles. The summed E-state index contributed by atoms with van der Waals surface area (Å²) in [5.74, 6) is 1.60. The van der Waals surface area contributed by atoms with Crippen molar-refractivity contribution < 1.29 is 34.0 Å². The summed E-state index contributed by atoms with van der Waals surface area (Å²) < 4.78 is 16.4. The number of hydrogen-bond acceptors (Lipinski definition) is 6. The highest BCUT2D eigenvalue weighted by Gasteiger charge is 2.28. The molecule has 0 saturated heterocycles. The molecule has 0 bridgehead atoms. The first-order valence-electron chi connectivity index (χ1n) is 11.8. The first kappa shape index (κ1) is 29.5. The van der Waals surface area contributed by atoms with Crippen LogP contribution in [0.3, 0.4) is 0 Å². The number of aliphatic hydroxyl groups is 1. The second kappa shape index (κ2) is 15.4. The number of nitrogens with one attached hydrogen (secondary N) is 1. The molecule has 3 N–H and O–H groups in total. The Morgan fingerprint density at radius 3 is 2.38 bits per heavy atom. The van der Waals surface area contributed by atoms with Gasteiger partial charge in [-0.15, -0.1) is 0 Å². The van der Waals surface area contributed by atoms with E-state index < -0.39 is 18.2 Å². The molecule has 2 unspecified atom stereocenters. The van der Waals surface area contributed by atoms with E-state index in [1.165, 1.54) is 4.90 Å². The fourth-order valence-corrected chi connectivity index (χ4v) is 3.76. The van der Waals surface area contributed by atoms with Gasteiger partial charge in [0.1, 0.15) is 0 Å². The van der Waals surface area contributed by atoms with Crippen molar-refractivity contribution >= 4 is 12.5 Å². The second-order valence-electron chi connectivity index (χ2n) is 9.14. The predicted molar refractivity (Wildman–Crippen MR) is 130 cm³/mol. The standard InChI is InChI=1S/C25H42N2O7/c1-17(2)20(14-21(26-25(30)31)22(29)15-27(16-28)18(3)4)12-19-8-9-23(33-6)24(13-19)34-11-7-10-32-5/h8-9,13,16-18,20-22,26,29H,7,10-12,14-15H2,1-6H3,(H,30,31)/t20?,21?,22-/m0/s1. The van der Waals surface area contributed by atoms with Crippen molar-refractivity contribution in [1.29, 1.82) is 0 Å². The van der Waals surface area contributed by atoms with Crippen LogP contribution in [-0.4, -0.2) is 79.8 Å². The molecule has 0 fully saturated rings. The van der Waals surface area contributed by atoms with Gasteiger partial charge in [0.2, 0.25) is 6.41 Å². The van der Waals surface area contributed by atoms with E-state index in [2.05, 4.69) is 19.2 Å². The molecule has 194 valence electrons. The fourth-order valence-electron chi connectivity index (χ4n) is 3.76. The maximum absolute atomic E-state index is 11.4. The molecule has 0 spiro atoms. The summed E-state index contributed by atoms with van der Waals surface area (Å²) in [7, 11) is 3.24. The Hall–Kier alpha value is -2.52. The topological polar surface area (TPSA) is 118 Å². The van der Waals surface area contributed by atoms with E-state index in [4.69, 9.17) is 14.2 Å². The molecule has 0 saturated carbocycles. The third-order valence-corrected chi connectivity index (χ3v) is 5.95. The summed E-state index contributed by atoms with van der Waals surface area (Å²) >= 11 is 0. The maximum Gasteiger partial charge on any atom is 0.404 e. The van der Waals surface area contributed by atoms with Gasteiger partial charge in [-0.25, -0.2) is 4.79 Å². The van der Waals surface area contributed by atoms with Gasteiger partial charge in [0.05, 0.1) is 25.9 Å². The number of amides is 2. The number of carbonyl (C=O) groups is 2. The Morgan fingerprint density at radius 2 is 1.85 bits per heavy atom. The molecule has 0 aromatic heterocycles. The largest absolute Gasteiger partial charge is 0.493 e. The second-order valence-corrected chi connectivity index (χ2v) is 9.14. The minimum atomic E-state index is -1.20. The number of aliphatic hydroxyl groups excluding tert-OH is 1. The number of nitrogens with zero attached hydrogens (tertiary/aromatic N) is 1. The Balaban J connectivity index is 3.01. The third-order valence-electron chi connectivity index (χ3n) is 5.95. The van der Waals surface area contributed by atoms with Crippen LogP contribution < -0.4 is 14.8 Å². The number of carboxylic acid groups (broad SMARTS) is 1. The summed E-state index contributed by atoms with van der Waals surface area (Å²) in [6.45, 7) is 9.00. The molecule has 9 nitrogen and oxygen atoms in total. The van der Waals surface area contributed by atoms with Gasteiger partial charge in [-0.05, 0) is 56.2 Å². The molecule has 0 aliphatic rings. The van der Waals surface area contributed by atoms with Gasteiger partial charge in [0.15, 0.2) is 11.5 Å². The van der Waals surface area contributed by atoms with Crippen LogP contribution in [0.1, 0.15) is 46.1 Å². The van der Waals surface area contributed by atoms with Gasteiger partial charge in [-0.3, -0.25) is 4.79 Å². The molecule has 9 heteroatoms. The maximum atomic E-state index is 11.4. The Bertz CT molecular complexity index is 742. The average molecular weight is 483 g/mol. The van der Waals surface area contributed by atoms with Crippen LogP contribution in [0.5, 0.6) is 11.5 Å². The van der Waals surface area contributed by atoms with Crippen LogP contribution in [0.2, 0.25) is 0 Å². The summed E-state index contributed by atoms with van der Waals surface area (Å²) in [5, 5.41) is 22.6. The molecule has 0 aliphatic heterocycles. The van der Waals surface area contributed by atoms with E-state index in [1.807, 2.05) is 32.0 Å². The lowest BCUT2D eigenvalue weighted by atomic mass is 9.83. The molecular weight excluding hydrogens is 440 g/mol. The smallest absolute Gasteiger partial charge is 0.404 e. The van der Waals surface area contributed by atoms with Crippen LogP contribution in [0.15, 0.2) is 18.2 Å². The molecule has 1 aromatic rings. The summed E-state index contributed by atoms with van der Waals surface area (Å²) in [4.78, 5) is 24.2. The van der Waals surface area contributed by atoms with Crippen LogP contribution in [0.25, 0.3) is 0 Å². The van der Waals surface area contributed by atoms with Crippen molar-refractivity contribution in [2.24, 2.45) is 11.8 Å². The van der Waals surface area contributed by atoms with Gasteiger partial charge in [-0.1, -0.05) is 19.9 Å². The van der Waals surface area contributed by atoms with Crippen molar-refractivity contribution in [3.05, 3.63) is 23.8 Å². The molecular formula is C25H42N2O7. The molecule has 3 atom stereocenters. The van der Waals surface area contributed by atoms with E-state index in [1.54, 1.807) is 14.2 Å². The van der Waals surface area contributed by atoms with Crippen molar-refractivity contribution in [3.63, 3.8) is 0 Å². The zero-order valence-corrected chi connectivity index (χ0v) is 21.3. The molecule has 0 heterocycles. The van der Waals surface area contributed by atoms with Crippen molar-refractivity contribution in [3.8, 4) is 11.5 Å². The van der Waals surface area contributed by atoms with E-state index >= 15 is 0 Å². The number of hydrogen-bond donors (Lipinski definition) is 3. The Kier molecular flexibility index (Phi) is 13.4. The van der Waals surface area contributed by atoms with Gasteiger partial charge in [0.25, 0.3) is 0 Å². The van der Waals surface area contributed by atoms with Crippen LogP contribution in [-0.2, 0) is 16.0 Å². The first-order chi connectivity index (χ1) is 16.1. The Morgan fingerprint density at radius 1 is 1.15 bits per heavy atom. The highest BCUT2D eigenvalue weighted by atomic mass is 16.5. The predicted octanol–water partition coefficient (Wildman–Crippen LogP) is 3.18. The van der Waals surface area contributed by atoms with Gasteiger partial charge in [0, 0.05) is 32.7 Å². The molecule has 0 radical (unpaired) electrons. The highest BCUT2D eigenvalue weighted by Crippen LogP contribution is 2.31. The zero-order valence-electron chi connectivity index (χ0n) is 21.3. The molecule has 1 aromatic carbocycles. The third kappa shape index (κ3) is 10.2.